The molecule has 0 aliphatic carbocycles. The van der Waals surface area contributed by atoms with Crippen LogP contribution in [0.15, 0.2) is 18.2 Å². The summed E-state index contributed by atoms with van der Waals surface area (Å²) in [6.07, 6.45) is 0. The average Bonchev–Trinajstić information content (AvgIpc) is 3.07. The van der Waals surface area contributed by atoms with Gasteiger partial charge in [0.2, 0.25) is 6.79 Å². The number of fused-ring (bicyclic) bond motifs is 1. The van der Waals surface area contributed by atoms with Crippen molar-refractivity contribution in [2.45, 2.75) is 19.5 Å². The summed E-state index contributed by atoms with van der Waals surface area (Å²) in [4.78, 5) is 16.3. The van der Waals surface area contributed by atoms with Crippen LogP contribution in [0.5, 0.6) is 11.5 Å². The average molecular weight is 335 g/mol. The lowest BCUT2D eigenvalue weighted by Crippen LogP contribution is -2.49. The molecular formula is C17H25N3O4. The first kappa shape index (κ1) is 16.9. The first-order chi connectivity index (χ1) is 11.6. The highest BCUT2D eigenvalue weighted by molar-refractivity contribution is 5.73. The monoisotopic (exact) mass is 335 g/mol. The van der Waals surface area contributed by atoms with E-state index in [0.29, 0.717) is 19.1 Å². The lowest BCUT2D eigenvalue weighted by atomic mass is 10.2. The standard InChI is InChI=1S/C17H25N3O4/c1-13(20-5-7-22-8-6-20)10-18-17(21)19(2)11-14-3-4-15-16(9-14)24-12-23-15/h3-4,9,13H,5-8,10-12H2,1-2H3,(H,18,21)/t13-/m0/s1. The minimum absolute atomic E-state index is 0.0761. The molecule has 2 amide bonds. The van der Waals surface area contributed by atoms with Crippen LogP contribution in [0.2, 0.25) is 0 Å². The van der Waals surface area contributed by atoms with Crippen LogP contribution in [0.25, 0.3) is 0 Å². The van der Waals surface area contributed by atoms with Crippen LogP contribution >= 0.6 is 0 Å². The molecule has 0 radical (unpaired) electrons. The first-order valence-corrected chi connectivity index (χ1v) is 8.33. The van der Waals surface area contributed by atoms with E-state index in [2.05, 4.69) is 17.1 Å². The lowest BCUT2D eigenvalue weighted by molar-refractivity contribution is 0.0207. The van der Waals surface area contributed by atoms with Crippen molar-refractivity contribution in [3.8, 4) is 11.5 Å². The van der Waals surface area contributed by atoms with Crippen LogP contribution in [0.3, 0.4) is 0 Å². The SMILES string of the molecule is C[C@@H](CNC(=O)N(C)Cc1ccc2c(c1)OCO2)N1CCOCC1. The van der Waals surface area contributed by atoms with Crippen LogP contribution in [0.4, 0.5) is 4.79 Å². The van der Waals surface area contributed by atoms with E-state index in [-0.39, 0.29) is 12.8 Å². The highest BCUT2D eigenvalue weighted by Gasteiger charge is 2.19. The molecule has 0 saturated carbocycles. The minimum Gasteiger partial charge on any atom is -0.454 e. The van der Waals surface area contributed by atoms with Crippen LogP contribution in [-0.4, -0.2) is 68.6 Å². The number of hydrogen-bond donors (Lipinski definition) is 1. The second-order valence-electron chi connectivity index (χ2n) is 6.23. The van der Waals surface area contributed by atoms with Gasteiger partial charge in [-0.05, 0) is 24.6 Å². The van der Waals surface area contributed by atoms with Gasteiger partial charge in [-0.15, -0.1) is 0 Å². The van der Waals surface area contributed by atoms with E-state index in [1.165, 1.54) is 0 Å². The number of carbonyl (C=O) groups excluding carboxylic acids is 1. The Labute approximate surface area is 142 Å². The fraction of sp³-hybridized carbons (Fsp3) is 0.588. The third-order valence-electron chi connectivity index (χ3n) is 4.42. The number of ether oxygens (including phenoxy) is 3. The number of urea groups is 1. The van der Waals surface area contributed by atoms with Gasteiger partial charge in [-0.2, -0.15) is 0 Å². The number of amides is 2. The summed E-state index contributed by atoms with van der Waals surface area (Å²) in [5, 5.41) is 3.00. The number of rotatable bonds is 5. The molecule has 2 heterocycles. The topological polar surface area (TPSA) is 63.3 Å². The molecule has 24 heavy (non-hydrogen) atoms. The maximum Gasteiger partial charge on any atom is 0.317 e. The zero-order valence-electron chi connectivity index (χ0n) is 14.3. The van der Waals surface area contributed by atoms with Gasteiger partial charge in [0.25, 0.3) is 0 Å². The lowest BCUT2D eigenvalue weighted by Gasteiger charge is -2.32. The molecule has 2 aliphatic rings. The summed E-state index contributed by atoms with van der Waals surface area (Å²) >= 11 is 0. The molecule has 0 bridgehead atoms. The number of nitrogens with one attached hydrogen (secondary N) is 1. The zero-order valence-corrected chi connectivity index (χ0v) is 14.3. The molecule has 1 N–H and O–H groups in total. The summed E-state index contributed by atoms with van der Waals surface area (Å²) < 4.78 is 16.0. The minimum atomic E-state index is -0.0761. The van der Waals surface area contributed by atoms with E-state index in [0.717, 1.165) is 43.4 Å². The fourth-order valence-electron chi connectivity index (χ4n) is 2.90. The van der Waals surface area contributed by atoms with Crippen molar-refractivity contribution >= 4 is 6.03 Å². The highest BCUT2D eigenvalue weighted by Crippen LogP contribution is 2.32. The Morgan fingerprint density at radius 3 is 2.83 bits per heavy atom. The van der Waals surface area contributed by atoms with Gasteiger partial charge >= 0.3 is 6.03 Å². The molecule has 7 heteroatoms. The van der Waals surface area contributed by atoms with Crippen LogP contribution in [0, 0.1) is 0 Å². The molecule has 2 aliphatic heterocycles. The van der Waals surface area contributed by atoms with Gasteiger partial charge in [0.05, 0.1) is 13.2 Å². The molecule has 1 aromatic carbocycles. The molecule has 0 spiro atoms. The summed E-state index contributed by atoms with van der Waals surface area (Å²) in [6.45, 7) is 6.91. The molecule has 0 aromatic heterocycles. The maximum atomic E-state index is 12.3. The van der Waals surface area contributed by atoms with Crippen molar-refractivity contribution < 1.29 is 19.0 Å². The van der Waals surface area contributed by atoms with Gasteiger partial charge < -0.3 is 24.4 Å². The Hall–Kier alpha value is -1.99. The Morgan fingerprint density at radius 2 is 2.04 bits per heavy atom. The fourth-order valence-corrected chi connectivity index (χ4v) is 2.90. The van der Waals surface area contributed by atoms with E-state index in [4.69, 9.17) is 14.2 Å². The third-order valence-corrected chi connectivity index (χ3v) is 4.42. The molecule has 1 saturated heterocycles. The first-order valence-electron chi connectivity index (χ1n) is 8.33. The molecule has 1 aromatic rings. The number of benzene rings is 1. The smallest absolute Gasteiger partial charge is 0.317 e. The zero-order chi connectivity index (χ0) is 16.9. The van der Waals surface area contributed by atoms with E-state index >= 15 is 0 Å². The quantitative estimate of drug-likeness (QED) is 0.878. The molecule has 7 nitrogen and oxygen atoms in total. The number of morpholine rings is 1. The Balaban J connectivity index is 1.46. The van der Waals surface area contributed by atoms with Gasteiger partial charge in [0.15, 0.2) is 11.5 Å². The Morgan fingerprint density at radius 1 is 1.29 bits per heavy atom. The van der Waals surface area contributed by atoms with Crippen LogP contribution in [0.1, 0.15) is 12.5 Å². The van der Waals surface area contributed by atoms with E-state index < -0.39 is 0 Å². The second-order valence-corrected chi connectivity index (χ2v) is 6.23. The number of hydrogen-bond acceptors (Lipinski definition) is 5. The van der Waals surface area contributed by atoms with Gasteiger partial charge in [0.1, 0.15) is 0 Å². The van der Waals surface area contributed by atoms with E-state index in [1.54, 1.807) is 11.9 Å². The van der Waals surface area contributed by atoms with Gasteiger partial charge in [0, 0.05) is 39.3 Å². The van der Waals surface area contributed by atoms with Crippen molar-refractivity contribution in [2.24, 2.45) is 0 Å². The van der Waals surface area contributed by atoms with Crippen molar-refractivity contribution in [1.82, 2.24) is 15.1 Å². The van der Waals surface area contributed by atoms with Gasteiger partial charge in [-0.25, -0.2) is 4.79 Å². The molecular weight excluding hydrogens is 310 g/mol. The predicted molar refractivity (Wildman–Crippen MR) is 89.3 cm³/mol. The molecule has 1 atom stereocenters. The van der Waals surface area contributed by atoms with Crippen molar-refractivity contribution in [3.05, 3.63) is 23.8 Å². The maximum absolute atomic E-state index is 12.3. The second kappa shape index (κ2) is 7.72. The molecule has 132 valence electrons. The normalized spacial score (nSPS) is 18.2. The van der Waals surface area contributed by atoms with Crippen LogP contribution in [-0.2, 0) is 11.3 Å². The van der Waals surface area contributed by atoms with Crippen molar-refractivity contribution in [2.75, 3.05) is 46.7 Å². The Bertz CT molecular complexity index is 575. The summed E-state index contributed by atoms with van der Waals surface area (Å²) in [5.41, 5.74) is 1.01. The summed E-state index contributed by atoms with van der Waals surface area (Å²) in [5.74, 6) is 1.49. The summed E-state index contributed by atoms with van der Waals surface area (Å²) in [7, 11) is 1.79. The van der Waals surface area contributed by atoms with Crippen molar-refractivity contribution in [3.63, 3.8) is 0 Å². The molecule has 0 unspecified atom stereocenters. The highest BCUT2D eigenvalue weighted by atomic mass is 16.7. The van der Waals surface area contributed by atoms with E-state index in [1.807, 2.05) is 18.2 Å². The number of nitrogens with zero attached hydrogens (tertiary/aromatic N) is 2. The molecule has 3 rings (SSSR count). The van der Waals surface area contributed by atoms with Gasteiger partial charge in [-0.1, -0.05) is 6.07 Å². The van der Waals surface area contributed by atoms with Gasteiger partial charge in [-0.3, -0.25) is 4.90 Å². The Kier molecular flexibility index (Phi) is 5.42. The number of carbonyl (C=O) groups is 1. The van der Waals surface area contributed by atoms with Crippen LogP contribution < -0.4 is 14.8 Å². The van der Waals surface area contributed by atoms with E-state index in [9.17, 15) is 4.79 Å². The molecule has 1 fully saturated rings. The van der Waals surface area contributed by atoms with Crippen molar-refractivity contribution in [1.29, 1.82) is 0 Å². The third kappa shape index (κ3) is 4.10. The largest absolute Gasteiger partial charge is 0.454 e. The predicted octanol–water partition coefficient (Wildman–Crippen LogP) is 1.28. The summed E-state index contributed by atoms with van der Waals surface area (Å²) in [6, 6.07) is 5.98.